The number of halogens is 4. The summed E-state index contributed by atoms with van der Waals surface area (Å²) in [4.78, 5) is 11.0. The summed E-state index contributed by atoms with van der Waals surface area (Å²) in [5.41, 5.74) is -0.228. The van der Waals surface area contributed by atoms with Crippen LogP contribution in [0, 0.1) is 9.39 Å². The van der Waals surface area contributed by atoms with E-state index < -0.39 is 24.0 Å². The van der Waals surface area contributed by atoms with Crippen molar-refractivity contribution in [2.75, 3.05) is 0 Å². The van der Waals surface area contributed by atoms with Crippen molar-refractivity contribution in [2.24, 2.45) is 0 Å². The number of hydrogen-bond donors (Lipinski definition) is 0. The standard InChI is InChI=1S/C9H6F3IO2/c1-4(14)7-5(13)2-3-6(8(7)10)15-9(11)12/h2-3,9H,1H3. The van der Waals surface area contributed by atoms with Gasteiger partial charge >= 0.3 is 6.61 Å². The smallest absolute Gasteiger partial charge is 0.387 e. The highest BCUT2D eigenvalue weighted by Gasteiger charge is 2.18. The lowest BCUT2D eigenvalue weighted by Crippen LogP contribution is -2.08. The van der Waals surface area contributed by atoms with Gasteiger partial charge in [0, 0.05) is 3.57 Å². The average molecular weight is 330 g/mol. The highest BCUT2D eigenvalue weighted by atomic mass is 127. The Bertz CT molecular complexity index is 393. The zero-order valence-corrected chi connectivity index (χ0v) is 9.72. The number of alkyl halides is 2. The van der Waals surface area contributed by atoms with Crippen LogP contribution < -0.4 is 4.74 Å². The fraction of sp³-hybridized carbons (Fsp3) is 0.222. The maximum atomic E-state index is 13.5. The molecule has 15 heavy (non-hydrogen) atoms. The third-order valence-electron chi connectivity index (χ3n) is 1.62. The van der Waals surface area contributed by atoms with E-state index in [2.05, 4.69) is 4.74 Å². The maximum absolute atomic E-state index is 13.5. The zero-order chi connectivity index (χ0) is 11.6. The molecule has 0 saturated heterocycles. The van der Waals surface area contributed by atoms with Crippen molar-refractivity contribution in [1.82, 2.24) is 0 Å². The lowest BCUT2D eigenvalue weighted by molar-refractivity contribution is -0.0522. The Labute approximate surface area is 97.6 Å². The second kappa shape index (κ2) is 4.82. The summed E-state index contributed by atoms with van der Waals surface area (Å²) in [7, 11) is 0. The highest BCUT2D eigenvalue weighted by Crippen LogP contribution is 2.26. The first-order valence-corrected chi connectivity index (χ1v) is 4.95. The van der Waals surface area contributed by atoms with E-state index in [-0.39, 0.29) is 5.56 Å². The van der Waals surface area contributed by atoms with Crippen LogP contribution in [0.25, 0.3) is 0 Å². The van der Waals surface area contributed by atoms with Crippen molar-refractivity contribution in [3.63, 3.8) is 0 Å². The Morgan fingerprint density at radius 1 is 1.47 bits per heavy atom. The molecule has 6 heteroatoms. The van der Waals surface area contributed by atoms with Gasteiger partial charge in [0.1, 0.15) is 0 Å². The predicted molar refractivity (Wildman–Crippen MR) is 55.8 cm³/mol. The van der Waals surface area contributed by atoms with Gasteiger partial charge in [-0.15, -0.1) is 0 Å². The Morgan fingerprint density at radius 2 is 2.07 bits per heavy atom. The minimum atomic E-state index is -3.11. The van der Waals surface area contributed by atoms with Gasteiger partial charge in [-0.05, 0) is 41.6 Å². The van der Waals surface area contributed by atoms with Crippen LogP contribution in [-0.2, 0) is 0 Å². The first-order valence-electron chi connectivity index (χ1n) is 3.87. The normalized spacial score (nSPS) is 10.5. The fourth-order valence-electron chi connectivity index (χ4n) is 1.04. The molecule has 0 bridgehead atoms. The van der Waals surface area contributed by atoms with Gasteiger partial charge in [0.25, 0.3) is 0 Å². The second-order valence-electron chi connectivity index (χ2n) is 2.67. The van der Waals surface area contributed by atoms with Crippen molar-refractivity contribution in [3.05, 3.63) is 27.1 Å². The molecule has 0 aliphatic carbocycles. The molecule has 0 radical (unpaired) electrons. The summed E-state index contributed by atoms with van der Waals surface area (Å²) in [6.07, 6.45) is 0. The van der Waals surface area contributed by atoms with E-state index in [1.54, 1.807) is 22.6 Å². The third-order valence-corrected chi connectivity index (χ3v) is 2.52. The van der Waals surface area contributed by atoms with Gasteiger partial charge in [-0.2, -0.15) is 8.78 Å². The van der Waals surface area contributed by atoms with Gasteiger partial charge in [-0.3, -0.25) is 4.79 Å². The van der Waals surface area contributed by atoms with Gasteiger partial charge in [0.05, 0.1) is 5.56 Å². The molecule has 0 saturated carbocycles. The van der Waals surface area contributed by atoms with Gasteiger partial charge in [0.2, 0.25) is 0 Å². The highest BCUT2D eigenvalue weighted by molar-refractivity contribution is 14.1. The number of rotatable bonds is 3. The fourth-order valence-corrected chi connectivity index (χ4v) is 1.84. The summed E-state index contributed by atoms with van der Waals surface area (Å²) >= 11 is 1.75. The van der Waals surface area contributed by atoms with Crippen molar-refractivity contribution in [1.29, 1.82) is 0 Å². The topological polar surface area (TPSA) is 26.3 Å². The van der Waals surface area contributed by atoms with Gasteiger partial charge < -0.3 is 4.74 Å². The van der Waals surface area contributed by atoms with Crippen LogP contribution in [0.3, 0.4) is 0 Å². The van der Waals surface area contributed by atoms with Crippen LogP contribution in [0.2, 0.25) is 0 Å². The number of ketones is 1. The molecule has 0 atom stereocenters. The number of hydrogen-bond acceptors (Lipinski definition) is 2. The van der Waals surface area contributed by atoms with E-state index >= 15 is 0 Å². The number of ether oxygens (including phenoxy) is 1. The van der Waals surface area contributed by atoms with Crippen LogP contribution >= 0.6 is 22.6 Å². The van der Waals surface area contributed by atoms with Crippen molar-refractivity contribution in [3.8, 4) is 5.75 Å². The Kier molecular flexibility index (Phi) is 3.95. The molecule has 2 nitrogen and oxygen atoms in total. The minimum absolute atomic E-state index is 0.228. The van der Waals surface area contributed by atoms with Gasteiger partial charge in [0.15, 0.2) is 17.3 Å². The summed E-state index contributed by atoms with van der Waals surface area (Å²) in [6.45, 7) is -1.95. The summed E-state index contributed by atoms with van der Waals surface area (Å²) in [5.74, 6) is -2.19. The van der Waals surface area contributed by atoms with Crippen LogP contribution in [0.4, 0.5) is 13.2 Å². The molecule has 1 rings (SSSR count). The van der Waals surface area contributed by atoms with Crippen molar-refractivity contribution < 1.29 is 22.7 Å². The summed E-state index contributed by atoms with van der Waals surface area (Å²) in [6, 6.07) is 2.41. The molecule has 1 aromatic carbocycles. The molecule has 0 spiro atoms. The summed E-state index contributed by atoms with van der Waals surface area (Å²) < 4.78 is 41.5. The van der Waals surface area contributed by atoms with E-state index in [9.17, 15) is 18.0 Å². The molecule has 0 fully saturated rings. The molecule has 0 N–H and O–H groups in total. The molecular formula is C9H6F3IO2. The lowest BCUT2D eigenvalue weighted by Gasteiger charge is -2.09. The first kappa shape index (κ1) is 12.3. The maximum Gasteiger partial charge on any atom is 0.387 e. The van der Waals surface area contributed by atoms with Crippen LogP contribution in [0.1, 0.15) is 17.3 Å². The van der Waals surface area contributed by atoms with Crippen molar-refractivity contribution in [2.45, 2.75) is 13.5 Å². The molecule has 0 aliphatic rings. The summed E-state index contributed by atoms with van der Waals surface area (Å²) in [5, 5.41) is 0. The van der Waals surface area contributed by atoms with Crippen molar-refractivity contribution >= 4 is 28.4 Å². The SMILES string of the molecule is CC(=O)c1c(I)ccc(OC(F)F)c1F. The van der Waals surface area contributed by atoms with E-state index in [0.29, 0.717) is 3.57 Å². The van der Waals surface area contributed by atoms with Crippen LogP contribution in [-0.4, -0.2) is 12.4 Å². The molecule has 0 aliphatic heterocycles. The van der Waals surface area contributed by atoms with E-state index in [1.165, 1.54) is 6.07 Å². The number of carbonyl (C=O) groups excluding carboxylic acids is 1. The zero-order valence-electron chi connectivity index (χ0n) is 7.56. The number of carbonyl (C=O) groups is 1. The Hall–Kier alpha value is -0.790. The largest absolute Gasteiger partial charge is 0.432 e. The molecule has 0 unspecified atom stereocenters. The molecule has 0 heterocycles. The van der Waals surface area contributed by atoms with Crippen LogP contribution in [0.5, 0.6) is 5.75 Å². The van der Waals surface area contributed by atoms with Gasteiger partial charge in [-0.1, -0.05) is 0 Å². The molecular weight excluding hydrogens is 324 g/mol. The Balaban J connectivity index is 3.22. The predicted octanol–water partition coefficient (Wildman–Crippen LogP) is 3.23. The molecule has 1 aromatic rings. The third kappa shape index (κ3) is 2.83. The molecule has 0 amide bonds. The number of Topliss-reactive ketones (excluding diaryl/α,β-unsaturated/α-hetero) is 1. The van der Waals surface area contributed by atoms with E-state index in [4.69, 9.17) is 0 Å². The van der Waals surface area contributed by atoms with Gasteiger partial charge in [-0.25, -0.2) is 4.39 Å². The molecule has 82 valence electrons. The number of benzene rings is 1. The van der Waals surface area contributed by atoms with E-state index in [0.717, 1.165) is 13.0 Å². The second-order valence-corrected chi connectivity index (χ2v) is 3.83. The quantitative estimate of drug-likeness (QED) is 0.628. The average Bonchev–Trinajstić information content (AvgIpc) is 2.09. The Morgan fingerprint density at radius 3 is 2.53 bits per heavy atom. The molecule has 0 aromatic heterocycles. The first-order chi connectivity index (χ1) is 6.93. The minimum Gasteiger partial charge on any atom is -0.432 e. The van der Waals surface area contributed by atoms with Crippen LogP contribution in [0.15, 0.2) is 12.1 Å². The van der Waals surface area contributed by atoms with E-state index in [1.807, 2.05) is 0 Å². The monoisotopic (exact) mass is 330 g/mol. The lowest BCUT2D eigenvalue weighted by atomic mass is 10.1.